The van der Waals surface area contributed by atoms with Gasteiger partial charge in [-0.05, 0) is 17.5 Å². The highest BCUT2D eigenvalue weighted by molar-refractivity contribution is 7.16. The summed E-state index contributed by atoms with van der Waals surface area (Å²) in [6, 6.07) is 4.70. The molecule has 0 saturated heterocycles. The van der Waals surface area contributed by atoms with Crippen LogP contribution < -0.4 is 5.32 Å². The molecule has 0 saturated carbocycles. The number of nitrogens with zero attached hydrogens (tertiary/aromatic N) is 3. The topological polar surface area (TPSA) is 103 Å². The molecular weight excluding hydrogens is 308 g/mol. The van der Waals surface area contributed by atoms with Crippen LogP contribution in [0.5, 0.6) is 0 Å². The Bertz CT molecular complexity index is 813. The maximum Gasteiger partial charge on any atom is 0.433 e. The van der Waals surface area contributed by atoms with Crippen molar-refractivity contribution in [3.8, 4) is 11.6 Å². The molecule has 1 N–H and O–H groups in total. The predicted octanol–water partition coefficient (Wildman–Crippen LogP) is 2.92. The van der Waals surface area contributed by atoms with Gasteiger partial charge in [0.1, 0.15) is 15.6 Å². The quantitative estimate of drug-likeness (QED) is 0.423. The highest BCUT2D eigenvalue weighted by Crippen LogP contribution is 2.30. The van der Waals surface area contributed by atoms with E-state index < -0.39 is 4.92 Å². The molecule has 0 aliphatic rings. The monoisotopic (exact) mass is 320 g/mol. The number of rotatable bonds is 6. The molecule has 3 aromatic heterocycles. The number of nitrogens with one attached hydrogen (secondary N) is 1. The normalized spacial score (nSPS) is 11.0. The lowest BCUT2D eigenvalue weighted by Gasteiger charge is -2.07. The van der Waals surface area contributed by atoms with E-state index in [2.05, 4.69) is 15.3 Å². The number of thiophene rings is 1. The summed E-state index contributed by atoms with van der Waals surface area (Å²) < 4.78 is 10.2. The lowest BCUT2D eigenvalue weighted by atomic mass is 10.3. The number of aromatic nitrogens is 2. The smallest absolute Gasteiger partial charge is 0.397 e. The van der Waals surface area contributed by atoms with Crippen LogP contribution in [-0.2, 0) is 4.74 Å². The Kier molecular flexibility index (Phi) is 3.98. The molecule has 3 aromatic rings. The summed E-state index contributed by atoms with van der Waals surface area (Å²) in [6.07, 6.45) is 0. The van der Waals surface area contributed by atoms with Gasteiger partial charge in [-0.3, -0.25) is 10.1 Å². The summed E-state index contributed by atoms with van der Waals surface area (Å²) in [7, 11) is 1.62. The van der Waals surface area contributed by atoms with Crippen molar-refractivity contribution in [2.24, 2.45) is 0 Å². The van der Waals surface area contributed by atoms with Crippen molar-refractivity contribution >= 4 is 33.3 Å². The van der Waals surface area contributed by atoms with Crippen LogP contribution in [0.25, 0.3) is 21.8 Å². The van der Waals surface area contributed by atoms with Crippen LogP contribution in [-0.4, -0.2) is 35.2 Å². The first-order valence-corrected chi connectivity index (χ1v) is 7.29. The van der Waals surface area contributed by atoms with Crippen molar-refractivity contribution in [1.29, 1.82) is 0 Å². The van der Waals surface area contributed by atoms with Gasteiger partial charge >= 0.3 is 5.88 Å². The molecule has 0 radical (unpaired) electrons. The van der Waals surface area contributed by atoms with Crippen molar-refractivity contribution < 1.29 is 14.1 Å². The molecule has 114 valence electrons. The molecule has 0 unspecified atom stereocenters. The van der Waals surface area contributed by atoms with Crippen LogP contribution in [0.4, 0.5) is 11.7 Å². The molecule has 0 spiro atoms. The second kappa shape index (κ2) is 6.08. The number of fused-ring (bicyclic) bond motifs is 1. The molecule has 0 aliphatic heterocycles. The molecule has 0 aliphatic carbocycles. The predicted molar refractivity (Wildman–Crippen MR) is 82.1 cm³/mol. The Balaban J connectivity index is 1.99. The van der Waals surface area contributed by atoms with E-state index in [0.29, 0.717) is 24.8 Å². The number of furan rings is 1. The van der Waals surface area contributed by atoms with Crippen LogP contribution in [0.2, 0.25) is 0 Å². The fourth-order valence-corrected chi connectivity index (χ4v) is 2.68. The number of hydrogen-bond donors (Lipinski definition) is 1. The first-order chi connectivity index (χ1) is 10.7. The Labute approximate surface area is 128 Å². The molecule has 0 atom stereocenters. The summed E-state index contributed by atoms with van der Waals surface area (Å²) in [5.41, 5.74) is 0. The third kappa shape index (κ3) is 2.76. The van der Waals surface area contributed by atoms with Gasteiger partial charge in [0.2, 0.25) is 0 Å². The average molecular weight is 320 g/mol. The van der Waals surface area contributed by atoms with Crippen molar-refractivity contribution in [3.63, 3.8) is 0 Å². The van der Waals surface area contributed by atoms with Gasteiger partial charge in [0.25, 0.3) is 0 Å². The molecule has 0 bridgehead atoms. The second-order valence-electron chi connectivity index (χ2n) is 4.35. The van der Waals surface area contributed by atoms with Gasteiger partial charge in [-0.2, -0.15) is 0 Å². The molecule has 3 heterocycles. The van der Waals surface area contributed by atoms with Crippen molar-refractivity contribution in [1.82, 2.24) is 9.97 Å². The Morgan fingerprint density at radius 2 is 2.27 bits per heavy atom. The van der Waals surface area contributed by atoms with Gasteiger partial charge in [0.05, 0.1) is 18.1 Å². The van der Waals surface area contributed by atoms with Gasteiger partial charge in [-0.1, -0.05) is 0 Å². The number of methoxy groups -OCH3 is 1. The van der Waals surface area contributed by atoms with Crippen LogP contribution in [0.15, 0.2) is 28.0 Å². The standard InChI is InChI=1S/C13H12N4O4S/c1-20-6-5-14-11-8-4-7-22-13(8)16-12(15-11)9-2-3-10(21-9)17(18)19/h2-4,7H,5-6H2,1H3,(H,14,15,16). The van der Waals surface area contributed by atoms with Gasteiger partial charge in [0, 0.05) is 13.7 Å². The van der Waals surface area contributed by atoms with Gasteiger partial charge in [-0.15, -0.1) is 11.3 Å². The third-order valence-corrected chi connectivity index (χ3v) is 3.72. The summed E-state index contributed by atoms with van der Waals surface area (Å²) in [6.45, 7) is 1.13. The molecule has 8 nitrogen and oxygen atoms in total. The van der Waals surface area contributed by atoms with E-state index in [1.54, 1.807) is 7.11 Å². The van der Waals surface area contributed by atoms with E-state index >= 15 is 0 Å². The van der Waals surface area contributed by atoms with Crippen LogP contribution in [0.3, 0.4) is 0 Å². The Hall–Kier alpha value is -2.52. The van der Waals surface area contributed by atoms with Crippen molar-refractivity contribution in [2.75, 3.05) is 25.6 Å². The minimum atomic E-state index is -0.592. The Morgan fingerprint density at radius 3 is 3.00 bits per heavy atom. The van der Waals surface area contributed by atoms with Crippen LogP contribution in [0.1, 0.15) is 0 Å². The van der Waals surface area contributed by atoms with Gasteiger partial charge in [-0.25, -0.2) is 9.97 Å². The zero-order valence-corrected chi connectivity index (χ0v) is 12.4. The zero-order valence-electron chi connectivity index (χ0n) is 11.6. The largest absolute Gasteiger partial charge is 0.433 e. The molecule has 3 rings (SSSR count). The third-order valence-electron chi connectivity index (χ3n) is 2.92. The van der Waals surface area contributed by atoms with E-state index in [1.807, 2.05) is 11.4 Å². The lowest BCUT2D eigenvalue weighted by molar-refractivity contribution is -0.401. The lowest BCUT2D eigenvalue weighted by Crippen LogP contribution is -2.09. The molecule has 0 fully saturated rings. The average Bonchev–Trinajstić information content (AvgIpc) is 3.16. The zero-order chi connectivity index (χ0) is 15.5. The highest BCUT2D eigenvalue weighted by Gasteiger charge is 2.17. The Morgan fingerprint density at radius 1 is 1.41 bits per heavy atom. The summed E-state index contributed by atoms with van der Waals surface area (Å²) in [4.78, 5) is 19.7. The summed E-state index contributed by atoms with van der Waals surface area (Å²) in [5.74, 6) is 0.885. The van der Waals surface area contributed by atoms with Crippen molar-refractivity contribution in [2.45, 2.75) is 0 Å². The maximum atomic E-state index is 10.7. The van der Waals surface area contributed by atoms with E-state index in [1.165, 1.54) is 23.5 Å². The SMILES string of the molecule is COCCNc1nc(-c2ccc([N+](=O)[O-])o2)nc2sccc12. The number of nitro groups is 1. The van der Waals surface area contributed by atoms with E-state index in [4.69, 9.17) is 9.15 Å². The maximum absolute atomic E-state index is 10.7. The summed E-state index contributed by atoms with van der Waals surface area (Å²) in [5, 5.41) is 16.7. The van der Waals surface area contributed by atoms with Crippen LogP contribution in [0, 0.1) is 10.1 Å². The van der Waals surface area contributed by atoms with Gasteiger partial charge in [0.15, 0.2) is 11.6 Å². The van der Waals surface area contributed by atoms with Gasteiger partial charge < -0.3 is 14.5 Å². The minimum absolute atomic E-state index is 0.261. The molecule has 0 aromatic carbocycles. The van der Waals surface area contributed by atoms with E-state index in [0.717, 1.165) is 10.2 Å². The first kappa shape index (κ1) is 14.4. The second-order valence-corrected chi connectivity index (χ2v) is 5.24. The molecule has 0 amide bonds. The van der Waals surface area contributed by atoms with Crippen molar-refractivity contribution in [3.05, 3.63) is 33.7 Å². The molecule has 9 heteroatoms. The van der Waals surface area contributed by atoms with E-state index in [-0.39, 0.29) is 11.6 Å². The number of ether oxygens (including phenoxy) is 1. The fourth-order valence-electron chi connectivity index (χ4n) is 1.92. The highest BCUT2D eigenvalue weighted by atomic mass is 32.1. The molecular formula is C13H12N4O4S. The van der Waals surface area contributed by atoms with Crippen LogP contribution >= 0.6 is 11.3 Å². The number of anilines is 1. The summed E-state index contributed by atoms with van der Waals surface area (Å²) >= 11 is 1.46. The number of hydrogen-bond acceptors (Lipinski definition) is 8. The fraction of sp³-hybridized carbons (Fsp3) is 0.231. The first-order valence-electron chi connectivity index (χ1n) is 6.41. The minimum Gasteiger partial charge on any atom is -0.397 e. The van der Waals surface area contributed by atoms with E-state index in [9.17, 15) is 10.1 Å². The molecule has 22 heavy (non-hydrogen) atoms.